The number of hydrogen-bond donors (Lipinski definition) is 4. The second-order valence-corrected chi connectivity index (χ2v) is 13.4. The molecule has 0 fully saturated rings. The van der Waals surface area contributed by atoms with Crippen LogP contribution in [0.1, 0.15) is 0 Å². The van der Waals surface area contributed by atoms with E-state index >= 15 is 0 Å². The van der Waals surface area contributed by atoms with Gasteiger partial charge in [0.05, 0.1) is 0 Å². The summed E-state index contributed by atoms with van der Waals surface area (Å²) in [4.78, 5) is 26.6. The Hall–Kier alpha value is -7.58. The summed E-state index contributed by atoms with van der Waals surface area (Å²) in [6.45, 7) is -0.461. The van der Waals surface area contributed by atoms with Crippen molar-refractivity contribution in [2.45, 2.75) is 0 Å². The van der Waals surface area contributed by atoms with Gasteiger partial charge in [-0.3, -0.25) is 9.59 Å². The topological polar surface area (TPSA) is 129 Å². The third kappa shape index (κ3) is 7.85. The number of carbonyl (C=O) groups is 2. The van der Waals surface area contributed by atoms with E-state index in [1.807, 2.05) is 170 Å². The fraction of sp³-hybridized carbons (Fsp3) is 0.0417. The van der Waals surface area contributed by atoms with Gasteiger partial charge >= 0.3 is 0 Å². The van der Waals surface area contributed by atoms with Gasteiger partial charge in [0.2, 0.25) is 0 Å². The van der Waals surface area contributed by atoms with Crippen molar-refractivity contribution < 1.29 is 19.1 Å². The Kier molecular flexibility index (Phi) is 10.0. The summed E-state index contributed by atoms with van der Waals surface area (Å²) < 4.78 is 12.7. The molecule has 0 aromatic heterocycles. The van der Waals surface area contributed by atoms with Crippen LogP contribution in [0, 0.1) is 0 Å². The smallest absolute Gasteiger partial charge is 0.262 e. The fourth-order valence-electron chi connectivity index (χ4n) is 6.78. The summed E-state index contributed by atoms with van der Waals surface area (Å²) in [6.07, 6.45) is 0. The Labute approximate surface area is 324 Å². The number of amides is 2. The average Bonchev–Trinajstić information content (AvgIpc) is 3.23. The lowest BCUT2D eigenvalue weighted by molar-refractivity contribution is -0.118. The molecule has 8 rings (SSSR count). The molecule has 0 spiro atoms. The number of rotatable bonds is 11. The van der Waals surface area contributed by atoms with Crippen molar-refractivity contribution in [2.24, 2.45) is 0 Å². The Morgan fingerprint density at radius 3 is 1.12 bits per heavy atom. The number of nitrogen functional groups attached to an aromatic ring is 2. The average molecular weight is 735 g/mol. The van der Waals surface area contributed by atoms with Crippen LogP contribution >= 0.6 is 0 Å². The van der Waals surface area contributed by atoms with Crippen LogP contribution in [0.3, 0.4) is 0 Å². The van der Waals surface area contributed by atoms with E-state index < -0.39 is 0 Å². The predicted octanol–water partition coefficient (Wildman–Crippen LogP) is 10.2. The minimum atomic E-state index is -0.308. The number of ether oxygens (including phenoxy) is 2. The molecular formula is C48H38N4O4. The zero-order valence-corrected chi connectivity index (χ0v) is 30.4. The molecule has 0 radical (unpaired) electrons. The van der Waals surface area contributed by atoms with E-state index in [2.05, 4.69) is 10.6 Å². The van der Waals surface area contributed by atoms with Gasteiger partial charge in [-0.05, 0) is 104 Å². The molecule has 8 heteroatoms. The molecule has 0 saturated heterocycles. The van der Waals surface area contributed by atoms with Crippen LogP contribution in [0.2, 0.25) is 0 Å². The minimum absolute atomic E-state index is 0.231. The SMILES string of the molecule is Nc1ccc(-c2ccc(NC(=O)COc3ccc4ccccc4c3-c3c(OCC(=O)Nc4ccc(-c5ccc(N)cc5)cc4)ccc4ccccc34)cc2)cc1. The highest BCUT2D eigenvalue weighted by atomic mass is 16.5. The summed E-state index contributed by atoms with van der Waals surface area (Å²) in [5.74, 6) is 0.391. The first kappa shape index (κ1) is 35.4. The van der Waals surface area contributed by atoms with Crippen LogP contribution in [0.5, 0.6) is 11.5 Å². The Morgan fingerprint density at radius 1 is 0.411 bits per heavy atom. The van der Waals surface area contributed by atoms with Crippen molar-refractivity contribution in [2.75, 3.05) is 35.3 Å². The molecule has 0 bridgehead atoms. The molecule has 8 aromatic rings. The van der Waals surface area contributed by atoms with Crippen LogP contribution in [-0.2, 0) is 9.59 Å². The van der Waals surface area contributed by atoms with E-state index in [-0.39, 0.29) is 25.0 Å². The van der Waals surface area contributed by atoms with Crippen molar-refractivity contribution in [1.29, 1.82) is 0 Å². The number of benzene rings is 8. The normalized spacial score (nSPS) is 10.9. The van der Waals surface area contributed by atoms with Crippen LogP contribution in [0.15, 0.2) is 170 Å². The lowest BCUT2D eigenvalue weighted by Crippen LogP contribution is -2.21. The van der Waals surface area contributed by atoms with Gasteiger partial charge in [-0.25, -0.2) is 0 Å². The zero-order chi connectivity index (χ0) is 38.4. The standard InChI is InChI=1S/C48H38N4O4/c49-37-19-9-31(10-20-37)33-13-23-39(24-14-33)51-45(53)29-55-43-27-17-35-5-1-3-7-41(35)47(43)48-42-8-4-2-6-36(42)18-28-44(48)56-30-46(54)52-40-25-15-34(16-26-40)32-11-21-38(50)22-12-32/h1-28H,29-30,49-50H2,(H,51,53)(H,52,54). The van der Waals surface area contributed by atoms with Crippen molar-refractivity contribution >= 4 is 56.1 Å². The van der Waals surface area contributed by atoms with Gasteiger partial charge in [0.1, 0.15) is 11.5 Å². The van der Waals surface area contributed by atoms with Crippen molar-refractivity contribution in [3.63, 3.8) is 0 Å². The summed E-state index contributed by atoms with van der Waals surface area (Å²) in [5.41, 5.74) is 20.0. The molecule has 8 aromatic carbocycles. The first-order valence-corrected chi connectivity index (χ1v) is 18.2. The lowest BCUT2D eigenvalue weighted by atomic mass is 9.92. The number of carbonyl (C=O) groups excluding carboxylic acids is 2. The molecule has 8 nitrogen and oxygen atoms in total. The molecule has 0 unspecified atom stereocenters. The predicted molar refractivity (Wildman–Crippen MR) is 228 cm³/mol. The van der Waals surface area contributed by atoms with Gasteiger partial charge < -0.3 is 31.6 Å². The molecule has 6 N–H and O–H groups in total. The number of hydrogen-bond acceptors (Lipinski definition) is 6. The summed E-state index contributed by atoms with van der Waals surface area (Å²) >= 11 is 0. The van der Waals surface area contributed by atoms with Gasteiger partial charge in [-0.15, -0.1) is 0 Å². The van der Waals surface area contributed by atoms with Gasteiger partial charge in [-0.2, -0.15) is 0 Å². The molecule has 0 aliphatic heterocycles. The summed E-state index contributed by atoms with van der Waals surface area (Å²) in [5, 5.41) is 9.69. The Morgan fingerprint density at radius 2 is 0.750 bits per heavy atom. The number of nitrogens with two attached hydrogens (primary N) is 2. The maximum atomic E-state index is 13.3. The van der Waals surface area contributed by atoms with E-state index in [0.29, 0.717) is 34.2 Å². The van der Waals surface area contributed by atoms with Crippen LogP contribution in [0.25, 0.3) is 54.9 Å². The van der Waals surface area contributed by atoms with Gasteiger partial charge in [-0.1, -0.05) is 109 Å². The zero-order valence-electron chi connectivity index (χ0n) is 30.4. The molecular weight excluding hydrogens is 697 g/mol. The molecule has 0 aliphatic carbocycles. The maximum absolute atomic E-state index is 13.3. The molecule has 274 valence electrons. The highest BCUT2D eigenvalue weighted by molar-refractivity contribution is 6.10. The lowest BCUT2D eigenvalue weighted by Gasteiger charge is -2.19. The highest BCUT2D eigenvalue weighted by Crippen LogP contribution is 2.45. The number of anilines is 4. The number of fused-ring (bicyclic) bond motifs is 2. The highest BCUT2D eigenvalue weighted by Gasteiger charge is 2.20. The molecule has 2 amide bonds. The second kappa shape index (κ2) is 15.8. The van der Waals surface area contributed by atoms with E-state index in [4.69, 9.17) is 20.9 Å². The van der Waals surface area contributed by atoms with E-state index in [1.54, 1.807) is 0 Å². The van der Waals surface area contributed by atoms with Gasteiger partial charge in [0.15, 0.2) is 13.2 Å². The third-order valence-corrected chi connectivity index (χ3v) is 9.57. The van der Waals surface area contributed by atoms with Crippen LogP contribution in [0.4, 0.5) is 22.7 Å². The molecule has 0 aliphatic rings. The van der Waals surface area contributed by atoms with Crippen LogP contribution in [-0.4, -0.2) is 25.0 Å². The van der Waals surface area contributed by atoms with Crippen molar-refractivity contribution in [1.82, 2.24) is 0 Å². The Bertz CT molecular complexity index is 2490. The molecule has 0 atom stereocenters. The maximum Gasteiger partial charge on any atom is 0.262 e. The Balaban J connectivity index is 1.03. The monoisotopic (exact) mass is 734 g/mol. The molecule has 56 heavy (non-hydrogen) atoms. The summed E-state index contributed by atoms with van der Waals surface area (Å²) in [6, 6.07) is 54.2. The minimum Gasteiger partial charge on any atom is -0.483 e. The van der Waals surface area contributed by atoms with Gasteiger partial charge in [0.25, 0.3) is 11.8 Å². The van der Waals surface area contributed by atoms with E-state index in [1.165, 1.54) is 0 Å². The number of nitrogens with one attached hydrogen (secondary N) is 2. The molecule has 0 saturated carbocycles. The second-order valence-electron chi connectivity index (χ2n) is 13.4. The van der Waals surface area contributed by atoms with Crippen LogP contribution < -0.4 is 31.6 Å². The first-order chi connectivity index (χ1) is 27.4. The molecule has 0 heterocycles. The van der Waals surface area contributed by atoms with E-state index in [9.17, 15) is 9.59 Å². The summed E-state index contributed by atoms with van der Waals surface area (Å²) in [7, 11) is 0. The quantitative estimate of drug-likeness (QED) is 0.0980. The first-order valence-electron chi connectivity index (χ1n) is 18.2. The fourth-order valence-corrected chi connectivity index (χ4v) is 6.78. The van der Waals surface area contributed by atoms with Crippen molar-refractivity contribution in [3.8, 4) is 44.9 Å². The van der Waals surface area contributed by atoms with Crippen molar-refractivity contribution in [3.05, 3.63) is 170 Å². The largest absolute Gasteiger partial charge is 0.483 e. The van der Waals surface area contributed by atoms with Gasteiger partial charge in [0, 0.05) is 33.9 Å². The van der Waals surface area contributed by atoms with E-state index in [0.717, 1.165) is 54.9 Å². The third-order valence-electron chi connectivity index (χ3n) is 9.57.